The molecule has 1 aromatic heterocycles. The minimum Gasteiger partial charge on any atom is -0.398 e. The second-order valence-corrected chi connectivity index (χ2v) is 6.76. The van der Waals surface area contributed by atoms with Crippen LogP contribution in [-0.4, -0.2) is 4.98 Å². The largest absolute Gasteiger partial charge is 0.398 e. The molecule has 2 N–H and O–H groups in total. The Kier molecular flexibility index (Phi) is 3.64. The lowest BCUT2D eigenvalue weighted by Crippen LogP contribution is -2.11. The summed E-state index contributed by atoms with van der Waals surface area (Å²) in [4.78, 5) is 4.67. The molecule has 96 valence electrons. The number of thiazole rings is 1. The topological polar surface area (TPSA) is 38.9 Å². The van der Waals surface area contributed by atoms with Gasteiger partial charge in [0.25, 0.3) is 0 Å². The van der Waals surface area contributed by atoms with Gasteiger partial charge in [0.15, 0.2) is 0 Å². The zero-order chi connectivity index (χ0) is 13.3. The van der Waals surface area contributed by atoms with Crippen molar-refractivity contribution in [3.05, 3.63) is 44.9 Å². The van der Waals surface area contributed by atoms with Gasteiger partial charge in [0, 0.05) is 17.2 Å². The minimum atomic E-state index is 0.105. The molecule has 0 fully saturated rings. The SMILES string of the molecule is CC(C)(C)c1csc(Cc2ccc(N)c(Cl)c2)n1. The van der Waals surface area contributed by atoms with E-state index in [-0.39, 0.29) is 5.41 Å². The van der Waals surface area contributed by atoms with Crippen LogP contribution in [0.2, 0.25) is 5.02 Å². The van der Waals surface area contributed by atoms with Crippen molar-refractivity contribution >= 4 is 28.6 Å². The number of nitrogens with two attached hydrogens (primary N) is 1. The molecule has 0 saturated heterocycles. The van der Waals surface area contributed by atoms with Gasteiger partial charge in [-0.2, -0.15) is 0 Å². The predicted octanol–water partition coefficient (Wildman–Crippen LogP) is 4.27. The van der Waals surface area contributed by atoms with Gasteiger partial charge in [0.1, 0.15) is 0 Å². The molecule has 0 aliphatic rings. The average Bonchev–Trinajstić information content (AvgIpc) is 2.72. The number of aromatic nitrogens is 1. The Morgan fingerprint density at radius 3 is 2.61 bits per heavy atom. The summed E-state index contributed by atoms with van der Waals surface area (Å²) in [5.41, 5.74) is 8.71. The maximum Gasteiger partial charge on any atom is 0.0972 e. The van der Waals surface area contributed by atoms with Crippen molar-refractivity contribution in [3.63, 3.8) is 0 Å². The molecule has 1 heterocycles. The van der Waals surface area contributed by atoms with E-state index in [0.29, 0.717) is 10.7 Å². The molecule has 0 saturated carbocycles. The number of halogens is 1. The van der Waals surface area contributed by atoms with Crippen molar-refractivity contribution in [1.29, 1.82) is 0 Å². The van der Waals surface area contributed by atoms with Gasteiger partial charge in [-0.15, -0.1) is 11.3 Å². The highest BCUT2D eigenvalue weighted by molar-refractivity contribution is 7.09. The molecule has 0 amide bonds. The van der Waals surface area contributed by atoms with Crippen LogP contribution in [0.4, 0.5) is 5.69 Å². The zero-order valence-electron chi connectivity index (χ0n) is 10.8. The van der Waals surface area contributed by atoms with Crippen molar-refractivity contribution in [2.45, 2.75) is 32.6 Å². The molecule has 0 aliphatic carbocycles. The molecule has 1 aromatic carbocycles. The number of nitrogens with zero attached hydrogens (tertiary/aromatic N) is 1. The maximum absolute atomic E-state index is 6.02. The third-order valence-corrected chi connectivity index (χ3v) is 3.92. The van der Waals surface area contributed by atoms with Crippen molar-refractivity contribution < 1.29 is 0 Å². The predicted molar refractivity (Wildman–Crippen MR) is 79.5 cm³/mol. The van der Waals surface area contributed by atoms with E-state index < -0.39 is 0 Å². The standard InChI is InChI=1S/C14H17ClN2S/c1-14(2,3)12-8-18-13(17-12)7-9-4-5-11(16)10(15)6-9/h4-6,8H,7,16H2,1-3H3. The first-order valence-corrected chi connectivity index (χ1v) is 7.11. The monoisotopic (exact) mass is 280 g/mol. The highest BCUT2D eigenvalue weighted by Crippen LogP contribution is 2.26. The van der Waals surface area contributed by atoms with Gasteiger partial charge in [0.2, 0.25) is 0 Å². The minimum absolute atomic E-state index is 0.105. The van der Waals surface area contributed by atoms with Gasteiger partial charge in [-0.25, -0.2) is 4.98 Å². The molecule has 0 aliphatic heterocycles. The highest BCUT2D eigenvalue weighted by atomic mass is 35.5. The Bertz CT molecular complexity index is 555. The molecule has 0 unspecified atom stereocenters. The fraction of sp³-hybridized carbons (Fsp3) is 0.357. The first-order valence-electron chi connectivity index (χ1n) is 5.85. The lowest BCUT2D eigenvalue weighted by molar-refractivity contribution is 0.571. The summed E-state index contributed by atoms with van der Waals surface area (Å²) in [5, 5.41) is 3.86. The molecular formula is C14H17ClN2S. The van der Waals surface area contributed by atoms with Crippen LogP contribution in [0.15, 0.2) is 23.6 Å². The zero-order valence-corrected chi connectivity index (χ0v) is 12.4. The van der Waals surface area contributed by atoms with Gasteiger partial charge in [-0.3, -0.25) is 0 Å². The smallest absolute Gasteiger partial charge is 0.0972 e. The van der Waals surface area contributed by atoms with Crippen LogP contribution in [0.25, 0.3) is 0 Å². The van der Waals surface area contributed by atoms with Crippen LogP contribution in [0, 0.1) is 0 Å². The van der Waals surface area contributed by atoms with E-state index in [1.54, 1.807) is 11.3 Å². The Morgan fingerprint density at radius 1 is 1.33 bits per heavy atom. The number of rotatable bonds is 2. The summed E-state index contributed by atoms with van der Waals surface area (Å²) in [7, 11) is 0. The third-order valence-electron chi connectivity index (χ3n) is 2.74. The fourth-order valence-corrected chi connectivity index (χ4v) is 2.85. The molecule has 0 spiro atoms. The van der Waals surface area contributed by atoms with Gasteiger partial charge in [-0.05, 0) is 17.7 Å². The highest BCUT2D eigenvalue weighted by Gasteiger charge is 2.17. The van der Waals surface area contributed by atoms with Crippen LogP contribution in [0.3, 0.4) is 0 Å². The second-order valence-electron chi connectivity index (χ2n) is 5.41. The lowest BCUT2D eigenvalue weighted by Gasteiger charge is -2.14. The van der Waals surface area contributed by atoms with Gasteiger partial charge in [0.05, 0.1) is 21.4 Å². The number of hydrogen-bond acceptors (Lipinski definition) is 3. The van der Waals surface area contributed by atoms with E-state index in [1.165, 1.54) is 0 Å². The number of anilines is 1. The normalized spacial score (nSPS) is 11.8. The summed E-state index contributed by atoms with van der Waals surface area (Å²) in [6.07, 6.45) is 0.806. The molecule has 0 radical (unpaired) electrons. The van der Waals surface area contributed by atoms with Crippen LogP contribution < -0.4 is 5.73 Å². The van der Waals surface area contributed by atoms with Crippen molar-refractivity contribution in [3.8, 4) is 0 Å². The number of benzene rings is 1. The summed E-state index contributed by atoms with van der Waals surface area (Å²) >= 11 is 7.71. The first-order chi connectivity index (χ1) is 8.36. The summed E-state index contributed by atoms with van der Waals surface area (Å²) in [6, 6.07) is 5.75. The second kappa shape index (κ2) is 4.90. The molecule has 2 rings (SSSR count). The quantitative estimate of drug-likeness (QED) is 0.835. The Labute approximate surface area is 117 Å². The fourth-order valence-electron chi connectivity index (χ4n) is 1.59. The molecule has 4 heteroatoms. The van der Waals surface area contributed by atoms with Gasteiger partial charge in [-0.1, -0.05) is 38.4 Å². The Balaban J connectivity index is 2.19. The van der Waals surface area contributed by atoms with Crippen molar-refractivity contribution in [1.82, 2.24) is 4.98 Å². The van der Waals surface area contributed by atoms with Crippen molar-refractivity contribution in [2.75, 3.05) is 5.73 Å². The van der Waals surface area contributed by atoms with E-state index in [1.807, 2.05) is 18.2 Å². The molecule has 0 bridgehead atoms. The van der Waals surface area contributed by atoms with Crippen LogP contribution in [0.1, 0.15) is 37.0 Å². The third kappa shape index (κ3) is 3.03. The van der Waals surface area contributed by atoms with Crippen molar-refractivity contribution in [2.24, 2.45) is 0 Å². The van der Waals surface area contributed by atoms with Gasteiger partial charge >= 0.3 is 0 Å². The Hall–Kier alpha value is -1.06. The Morgan fingerprint density at radius 2 is 2.06 bits per heavy atom. The average molecular weight is 281 g/mol. The molecule has 2 aromatic rings. The summed E-state index contributed by atoms with van der Waals surface area (Å²) < 4.78 is 0. The molecular weight excluding hydrogens is 264 g/mol. The molecule has 0 atom stereocenters. The first kappa shape index (κ1) is 13.4. The molecule has 2 nitrogen and oxygen atoms in total. The van der Waals surface area contributed by atoms with E-state index in [9.17, 15) is 0 Å². The number of hydrogen-bond donors (Lipinski definition) is 1. The van der Waals surface area contributed by atoms with E-state index in [2.05, 4.69) is 31.1 Å². The maximum atomic E-state index is 6.02. The van der Waals surface area contributed by atoms with E-state index >= 15 is 0 Å². The lowest BCUT2D eigenvalue weighted by atomic mass is 9.93. The van der Waals surface area contributed by atoms with E-state index in [0.717, 1.165) is 22.7 Å². The summed E-state index contributed by atoms with van der Waals surface area (Å²) in [5.74, 6) is 0. The molecule has 18 heavy (non-hydrogen) atoms. The number of nitrogen functional groups attached to an aromatic ring is 1. The van der Waals surface area contributed by atoms with Crippen LogP contribution >= 0.6 is 22.9 Å². The van der Waals surface area contributed by atoms with Crippen LogP contribution in [0.5, 0.6) is 0 Å². The summed E-state index contributed by atoms with van der Waals surface area (Å²) in [6.45, 7) is 6.52. The van der Waals surface area contributed by atoms with Gasteiger partial charge < -0.3 is 5.73 Å². The van der Waals surface area contributed by atoms with Crippen LogP contribution in [-0.2, 0) is 11.8 Å². The van der Waals surface area contributed by atoms with E-state index in [4.69, 9.17) is 17.3 Å².